The molecule has 1 nitrogen and oxygen atoms in total. The summed E-state index contributed by atoms with van der Waals surface area (Å²) in [6.45, 7) is 3.77. The Morgan fingerprint density at radius 1 is 1.06 bits per heavy atom. The second-order valence-electron chi connectivity index (χ2n) is 3.89. The first-order valence-electron chi connectivity index (χ1n) is 5.34. The summed E-state index contributed by atoms with van der Waals surface area (Å²) in [6.07, 6.45) is 0. The van der Waals surface area contributed by atoms with E-state index in [2.05, 4.69) is 24.4 Å². The first-order valence-corrected chi connectivity index (χ1v) is 6.92. The zero-order valence-corrected chi connectivity index (χ0v) is 11.8. The largest absolute Gasteiger partial charge is 0.308 e. The molecule has 0 fully saturated rings. The monoisotopic (exact) mass is 285 g/mol. The summed E-state index contributed by atoms with van der Waals surface area (Å²) in [5.74, 6) is 0. The van der Waals surface area contributed by atoms with E-state index in [1.54, 1.807) is 6.07 Å². The Hall–Kier alpha value is -0.540. The third-order valence-corrected chi connectivity index (χ3v) is 3.78. The van der Waals surface area contributed by atoms with Crippen LogP contribution in [-0.4, -0.2) is 0 Å². The predicted octanol–water partition coefficient (Wildman–Crippen LogP) is 4.65. The van der Waals surface area contributed by atoms with Crippen LogP contribution in [0, 0.1) is 6.92 Å². The molecule has 0 amide bonds. The van der Waals surface area contributed by atoms with Crippen LogP contribution in [0.4, 0.5) is 0 Å². The van der Waals surface area contributed by atoms with Crippen LogP contribution in [0.25, 0.3) is 0 Å². The van der Waals surface area contributed by atoms with E-state index >= 15 is 0 Å². The molecule has 0 spiro atoms. The average molecular weight is 286 g/mol. The predicted molar refractivity (Wildman–Crippen MR) is 76.1 cm³/mol. The summed E-state index contributed by atoms with van der Waals surface area (Å²) in [7, 11) is 0. The van der Waals surface area contributed by atoms with Crippen LogP contribution in [-0.2, 0) is 13.1 Å². The van der Waals surface area contributed by atoms with Gasteiger partial charge in [-0.05, 0) is 42.8 Å². The molecule has 2 rings (SSSR count). The Kier molecular flexibility index (Phi) is 4.46. The van der Waals surface area contributed by atoms with E-state index in [1.165, 1.54) is 9.75 Å². The molecule has 4 heteroatoms. The number of aryl methyl sites for hydroxylation is 1. The summed E-state index contributed by atoms with van der Waals surface area (Å²) < 4.78 is 0. The van der Waals surface area contributed by atoms with Gasteiger partial charge in [0, 0.05) is 32.9 Å². The number of nitrogens with one attached hydrogen (secondary N) is 1. The average Bonchev–Trinajstić information content (AvgIpc) is 2.63. The molecular formula is C13H13Cl2NS. The van der Waals surface area contributed by atoms with Crippen molar-refractivity contribution in [3.63, 3.8) is 0 Å². The van der Waals surface area contributed by atoms with Gasteiger partial charge in [0.25, 0.3) is 0 Å². The fraction of sp³-hybridized carbons (Fsp3) is 0.231. The van der Waals surface area contributed by atoms with Crippen LogP contribution >= 0.6 is 34.5 Å². The Morgan fingerprint density at radius 2 is 1.76 bits per heavy atom. The van der Waals surface area contributed by atoms with E-state index < -0.39 is 0 Å². The van der Waals surface area contributed by atoms with Gasteiger partial charge < -0.3 is 5.32 Å². The molecule has 17 heavy (non-hydrogen) atoms. The summed E-state index contributed by atoms with van der Waals surface area (Å²) in [6, 6.07) is 9.89. The number of halogens is 2. The molecule has 0 saturated carbocycles. The molecule has 90 valence electrons. The van der Waals surface area contributed by atoms with E-state index in [0.29, 0.717) is 10.0 Å². The lowest BCUT2D eigenvalue weighted by atomic mass is 10.2. The lowest BCUT2D eigenvalue weighted by Crippen LogP contribution is -2.11. The Labute approximate surface area is 115 Å². The third kappa shape index (κ3) is 4.00. The topological polar surface area (TPSA) is 12.0 Å². The van der Waals surface area contributed by atoms with Gasteiger partial charge in [0.2, 0.25) is 0 Å². The van der Waals surface area contributed by atoms with Gasteiger partial charge in [-0.25, -0.2) is 0 Å². The fourth-order valence-corrected chi connectivity index (χ4v) is 3.05. The Morgan fingerprint density at radius 3 is 2.35 bits per heavy atom. The van der Waals surface area contributed by atoms with E-state index in [0.717, 1.165) is 18.7 Å². The Bertz CT molecular complexity index is 488. The summed E-state index contributed by atoms with van der Waals surface area (Å²) in [5, 5.41) is 4.74. The molecule has 0 aliphatic rings. The molecule has 0 aliphatic heterocycles. The molecule has 1 aromatic heterocycles. The van der Waals surface area contributed by atoms with Crippen LogP contribution in [0.1, 0.15) is 15.3 Å². The van der Waals surface area contributed by atoms with Crippen LogP contribution in [0.15, 0.2) is 30.3 Å². The number of thiophene rings is 1. The molecule has 0 saturated heterocycles. The van der Waals surface area contributed by atoms with Gasteiger partial charge in [-0.2, -0.15) is 0 Å². The van der Waals surface area contributed by atoms with Crippen molar-refractivity contribution in [3.8, 4) is 0 Å². The van der Waals surface area contributed by atoms with Crippen LogP contribution in [0.5, 0.6) is 0 Å². The number of rotatable bonds is 4. The molecular weight excluding hydrogens is 273 g/mol. The van der Waals surface area contributed by atoms with Crippen molar-refractivity contribution in [2.75, 3.05) is 0 Å². The van der Waals surface area contributed by atoms with Crippen LogP contribution in [0.3, 0.4) is 0 Å². The van der Waals surface area contributed by atoms with Gasteiger partial charge in [0.05, 0.1) is 0 Å². The standard InChI is InChI=1S/C13H13Cl2NS/c1-9-2-3-13(17-9)8-16-7-10-4-11(14)6-12(15)5-10/h2-6,16H,7-8H2,1H3. The zero-order valence-electron chi connectivity index (χ0n) is 9.47. The normalized spacial score (nSPS) is 10.8. The summed E-state index contributed by atoms with van der Waals surface area (Å²) in [5.41, 5.74) is 1.11. The molecule has 1 heterocycles. The van der Waals surface area contributed by atoms with Crippen molar-refractivity contribution >= 4 is 34.5 Å². The smallest absolute Gasteiger partial charge is 0.0424 e. The Balaban J connectivity index is 1.89. The van der Waals surface area contributed by atoms with Crippen molar-refractivity contribution in [2.24, 2.45) is 0 Å². The second kappa shape index (κ2) is 5.87. The van der Waals surface area contributed by atoms with Crippen molar-refractivity contribution in [3.05, 3.63) is 55.7 Å². The molecule has 0 bridgehead atoms. The van der Waals surface area contributed by atoms with Gasteiger partial charge in [-0.15, -0.1) is 11.3 Å². The van der Waals surface area contributed by atoms with Gasteiger partial charge in [-0.1, -0.05) is 23.2 Å². The van der Waals surface area contributed by atoms with Crippen molar-refractivity contribution in [1.82, 2.24) is 5.32 Å². The first kappa shape index (κ1) is 12.9. The highest BCUT2D eigenvalue weighted by Crippen LogP contribution is 2.19. The first-order chi connectivity index (χ1) is 8.13. The summed E-state index contributed by atoms with van der Waals surface area (Å²) >= 11 is 13.7. The van der Waals surface area contributed by atoms with Gasteiger partial charge in [0.1, 0.15) is 0 Å². The van der Waals surface area contributed by atoms with Crippen molar-refractivity contribution in [1.29, 1.82) is 0 Å². The molecule has 0 atom stereocenters. The number of hydrogen-bond acceptors (Lipinski definition) is 2. The highest BCUT2D eigenvalue weighted by Gasteiger charge is 1.99. The highest BCUT2D eigenvalue weighted by atomic mass is 35.5. The molecule has 2 aromatic rings. The third-order valence-electron chi connectivity index (χ3n) is 2.35. The lowest BCUT2D eigenvalue weighted by molar-refractivity contribution is 0.701. The number of benzene rings is 1. The fourth-order valence-electron chi connectivity index (χ4n) is 1.62. The van der Waals surface area contributed by atoms with E-state index in [9.17, 15) is 0 Å². The van der Waals surface area contributed by atoms with Crippen molar-refractivity contribution in [2.45, 2.75) is 20.0 Å². The van der Waals surface area contributed by atoms with Crippen molar-refractivity contribution < 1.29 is 0 Å². The van der Waals surface area contributed by atoms with Gasteiger partial charge >= 0.3 is 0 Å². The van der Waals surface area contributed by atoms with Gasteiger partial charge in [-0.3, -0.25) is 0 Å². The minimum atomic E-state index is 0.682. The molecule has 1 aromatic carbocycles. The maximum atomic E-state index is 5.94. The quantitative estimate of drug-likeness (QED) is 0.862. The second-order valence-corrected chi connectivity index (χ2v) is 6.14. The number of hydrogen-bond donors (Lipinski definition) is 1. The lowest BCUT2D eigenvalue weighted by Gasteiger charge is -2.04. The summed E-state index contributed by atoms with van der Waals surface area (Å²) in [4.78, 5) is 2.68. The maximum absolute atomic E-state index is 5.94. The minimum absolute atomic E-state index is 0.682. The van der Waals surface area contributed by atoms with E-state index in [4.69, 9.17) is 23.2 Å². The highest BCUT2D eigenvalue weighted by molar-refractivity contribution is 7.11. The maximum Gasteiger partial charge on any atom is 0.0424 e. The SMILES string of the molecule is Cc1ccc(CNCc2cc(Cl)cc(Cl)c2)s1. The van der Waals surface area contributed by atoms with Crippen LogP contribution in [0.2, 0.25) is 10.0 Å². The molecule has 0 aliphatic carbocycles. The minimum Gasteiger partial charge on any atom is -0.308 e. The van der Waals surface area contributed by atoms with E-state index in [-0.39, 0.29) is 0 Å². The molecule has 0 radical (unpaired) electrons. The van der Waals surface area contributed by atoms with Crippen LogP contribution < -0.4 is 5.32 Å². The molecule has 0 unspecified atom stereocenters. The molecule has 1 N–H and O–H groups in total. The van der Waals surface area contributed by atoms with Gasteiger partial charge in [0.15, 0.2) is 0 Å². The zero-order chi connectivity index (χ0) is 12.3. The van der Waals surface area contributed by atoms with E-state index in [1.807, 2.05) is 23.5 Å².